The van der Waals surface area contributed by atoms with E-state index in [1.807, 2.05) is 17.8 Å². The fraction of sp³-hybridized carbons (Fsp3) is 0.846. The fourth-order valence-electron chi connectivity index (χ4n) is 2.35. The Kier molecular flexibility index (Phi) is 5.45. The van der Waals surface area contributed by atoms with Crippen LogP contribution in [0.5, 0.6) is 0 Å². The molecule has 102 valence electrons. The van der Waals surface area contributed by atoms with E-state index in [0.29, 0.717) is 0 Å². The Labute approximate surface area is 114 Å². The SMILES string of the molecule is CC(Cl)c1cn(CCCCC2CCOCC2)nn1. The molecule has 1 unspecified atom stereocenters. The van der Waals surface area contributed by atoms with Gasteiger partial charge in [-0.3, -0.25) is 4.68 Å². The molecule has 0 saturated carbocycles. The van der Waals surface area contributed by atoms with Crippen LogP contribution in [0.3, 0.4) is 0 Å². The lowest BCUT2D eigenvalue weighted by molar-refractivity contribution is 0.0630. The minimum Gasteiger partial charge on any atom is -0.381 e. The maximum Gasteiger partial charge on any atom is 0.100 e. The van der Waals surface area contributed by atoms with E-state index in [2.05, 4.69) is 10.3 Å². The van der Waals surface area contributed by atoms with Crippen molar-refractivity contribution in [3.63, 3.8) is 0 Å². The van der Waals surface area contributed by atoms with Gasteiger partial charge >= 0.3 is 0 Å². The van der Waals surface area contributed by atoms with Crippen molar-refractivity contribution in [1.82, 2.24) is 15.0 Å². The highest BCUT2D eigenvalue weighted by atomic mass is 35.5. The molecule has 1 atom stereocenters. The Morgan fingerprint density at radius 2 is 2.22 bits per heavy atom. The predicted molar refractivity (Wildman–Crippen MR) is 71.7 cm³/mol. The number of rotatable bonds is 6. The van der Waals surface area contributed by atoms with E-state index < -0.39 is 0 Å². The Hall–Kier alpha value is -0.610. The smallest absolute Gasteiger partial charge is 0.100 e. The maximum absolute atomic E-state index is 5.95. The molecule has 0 aliphatic carbocycles. The molecule has 1 aromatic heterocycles. The van der Waals surface area contributed by atoms with Crippen molar-refractivity contribution in [2.75, 3.05) is 13.2 Å². The molecule has 18 heavy (non-hydrogen) atoms. The number of hydrogen-bond acceptors (Lipinski definition) is 3. The van der Waals surface area contributed by atoms with E-state index >= 15 is 0 Å². The maximum atomic E-state index is 5.95. The monoisotopic (exact) mass is 271 g/mol. The van der Waals surface area contributed by atoms with Crippen LogP contribution in [0.25, 0.3) is 0 Å². The Morgan fingerprint density at radius 3 is 2.89 bits per heavy atom. The van der Waals surface area contributed by atoms with Gasteiger partial charge in [-0.1, -0.05) is 18.1 Å². The highest BCUT2D eigenvalue weighted by Gasteiger charge is 2.13. The quantitative estimate of drug-likeness (QED) is 0.589. The second-order valence-electron chi connectivity index (χ2n) is 5.07. The molecule has 2 rings (SSSR count). The summed E-state index contributed by atoms with van der Waals surface area (Å²) in [7, 11) is 0. The fourth-order valence-corrected chi connectivity index (χ4v) is 2.45. The molecule has 1 aromatic rings. The van der Waals surface area contributed by atoms with Crippen LogP contribution >= 0.6 is 11.6 Å². The van der Waals surface area contributed by atoms with Crippen LogP contribution in [0.15, 0.2) is 6.20 Å². The number of nitrogens with zero attached hydrogens (tertiary/aromatic N) is 3. The summed E-state index contributed by atoms with van der Waals surface area (Å²) in [5, 5.41) is 8.08. The summed E-state index contributed by atoms with van der Waals surface area (Å²) < 4.78 is 7.27. The first-order valence-corrected chi connectivity index (χ1v) is 7.31. The lowest BCUT2D eigenvalue weighted by atomic mass is 9.94. The van der Waals surface area contributed by atoms with Crippen molar-refractivity contribution in [2.45, 2.75) is 50.9 Å². The molecule has 5 heteroatoms. The Morgan fingerprint density at radius 1 is 1.44 bits per heavy atom. The lowest BCUT2D eigenvalue weighted by Gasteiger charge is -2.21. The first kappa shape index (κ1) is 13.8. The number of aromatic nitrogens is 3. The first-order valence-electron chi connectivity index (χ1n) is 6.87. The van der Waals surface area contributed by atoms with Gasteiger partial charge in [0.25, 0.3) is 0 Å². The van der Waals surface area contributed by atoms with Crippen molar-refractivity contribution < 1.29 is 4.74 Å². The molecule has 0 spiro atoms. The van der Waals surface area contributed by atoms with Crippen LogP contribution in [0.2, 0.25) is 0 Å². The minimum atomic E-state index is -0.0546. The molecule has 0 amide bonds. The van der Waals surface area contributed by atoms with E-state index in [9.17, 15) is 0 Å². The van der Waals surface area contributed by atoms with Gasteiger partial charge < -0.3 is 4.74 Å². The topological polar surface area (TPSA) is 39.9 Å². The Bertz CT molecular complexity index is 348. The highest BCUT2D eigenvalue weighted by Crippen LogP contribution is 2.21. The Balaban J connectivity index is 1.62. The van der Waals surface area contributed by atoms with Gasteiger partial charge in [-0.05, 0) is 32.1 Å². The first-order chi connectivity index (χ1) is 8.75. The van der Waals surface area contributed by atoms with E-state index in [-0.39, 0.29) is 5.38 Å². The van der Waals surface area contributed by atoms with Gasteiger partial charge in [0.2, 0.25) is 0 Å². The molecular formula is C13H22ClN3O. The van der Waals surface area contributed by atoms with Gasteiger partial charge in [-0.25, -0.2) is 0 Å². The average molecular weight is 272 g/mol. The van der Waals surface area contributed by atoms with Gasteiger partial charge in [-0.2, -0.15) is 0 Å². The summed E-state index contributed by atoms with van der Waals surface area (Å²) in [6.07, 6.45) is 8.16. The van der Waals surface area contributed by atoms with E-state index in [0.717, 1.165) is 37.8 Å². The van der Waals surface area contributed by atoms with Gasteiger partial charge in [-0.15, -0.1) is 16.7 Å². The zero-order valence-electron chi connectivity index (χ0n) is 11.0. The standard InChI is InChI=1S/C13H22ClN3O/c1-11(14)13-10-17(16-15-13)7-3-2-4-12-5-8-18-9-6-12/h10-12H,2-9H2,1H3. The molecule has 1 saturated heterocycles. The van der Waals surface area contributed by atoms with Crippen LogP contribution in [-0.2, 0) is 11.3 Å². The molecule has 0 aromatic carbocycles. The van der Waals surface area contributed by atoms with Crippen molar-refractivity contribution in [2.24, 2.45) is 5.92 Å². The van der Waals surface area contributed by atoms with E-state index in [1.165, 1.54) is 25.7 Å². The minimum absolute atomic E-state index is 0.0546. The van der Waals surface area contributed by atoms with Crippen LogP contribution < -0.4 is 0 Å². The van der Waals surface area contributed by atoms with E-state index in [4.69, 9.17) is 16.3 Å². The largest absolute Gasteiger partial charge is 0.381 e. The average Bonchev–Trinajstić information content (AvgIpc) is 2.85. The van der Waals surface area contributed by atoms with Crippen LogP contribution in [0.4, 0.5) is 0 Å². The third-order valence-electron chi connectivity index (χ3n) is 3.55. The molecular weight excluding hydrogens is 250 g/mol. The third-order valence-corrected chi connectivity index (χ3v) is 3.78. The molecule has 0 N–H and O–H groups in total. The number of aryl methyl sites for hydroxylation is 1. The molecule has 1 aliphatic heterocycles. The summed E-state index contributed by atoms with van der Waals surface area (Å²) in [5.41, 5.74) is 0.862. The number of unbranched alkanes of at least 4 members (excludes halogenated alkanes) is 1. The summed E-state index contributed by atoms with van der Waals surface area (Å²) >= 11 is 5.95. The normalized spacial score (nSPS) is 19.0. The van der Waals surface area contributed by atoms with Crippen molar-refractivity contribution in [3.05, 3.63) is 11.9 Å². The van der Waals surface area contributed by atoms with Crippen LogP contribution in [0, 0.1) is 5.92 Å². The number of hydrogen-bond donors (Lipinski definition) is 0. The zero-order chi connectivity index (χ0) is 12.8. The molecule has 1 aliphatic rings. The molecule has 2 heterocycles. The second kappa shape index (κ2) is 7.10. The summed E-state index contributed by atoms with van der Waals surface area (Å²) in [4.78, 5) is 0. The summed E-state index contributed by atoms with van der Waals surface area (Å²) in [5.74, 6) is 0.868. The molecule has 1 fully saturated rings. The van der Waals surface area contributed by atoms with Crippen molar-refractivity contribution >= 4 is 11.6 Å². The third kappa shape index (κ3) is 4.25. The van der Waals surface area contributed by atoms with Gasteiger partial charge in [0.15, 0.2) is 0 Å². The highest BCUT2D eigenvalue weighted by molar-refractivity contribution is 6.20. The predicted octanol–water partition coefficient (Wildman–Crippen LogP) is 3.17. The van der Waals surface area contributed by atoms with Crippen LogP contribution in [-0.4, -0.2) is 28.2 Å². The van der Waals surface area contributed by atoms with Crippen LogP contribution in [0.1, 0.15) is 50.1 Å². The van der Waals surface area contributed by atoms with Crippen molar-refractivity contribution in [1.29, 1.82) is 0 Å². The van der Waals surface area contributed by atoms with E-state index in [1.54, 1.807) is 0 Å². The molecule has 0 bridgehead atoms. The van der Waals surface area contributed by atoms with Gasteiger partial charge in [0.1, 0.15) is 5.69 Å². The van der Waals surface area contributed by atoms with Crippen molar-refractivity contribution in [3.8, 4) is 0 Å². The molecule has 4 nitrogen and oxygen atoms in total. The second-order valence-corrected chi connectivity index (χ2v) is 5.73. The number of alkyl halides is 1. The zero-order valence-corrected chi connectivity index (χ0v) is 11.8. The summed E-state index contributed by atoms with van der Waals surface area (Å²) in [6, 6.07) is 0. The summed E-state index contributed by atoms with van der Waals surface area (Å²) in [6.45, 7) is 4.76. The van der Waals surface area contributed by atoms with Gasteiger partial charge in [0.05, 0.1) is 5.38 Å². The molecule has 0 radical (unpaired) electrons. The number of ether oxygens (including phenoxy) is 1. The lowest BCUT2D eigenvalue weighted by Crippen LogP contribution is -2.15. The van der Waals surface area contributed by atoms with Gasteiger partial charge in [0, 0.05) is 26.0 Å². The number of halogens is 1.